The quantitative estimate of drug-likeness (QED) is 0.503. The zero-order valence-electron chi connectivity index (χ0n) is 14.1. The van der Waals surface area contributed by atoms with Crippen LogP contribution in [0.1, 0.15) is 17.0 Å². The molecule has 0 bridgehead atoms. The molecule has 130 valence electrons. The van der Waals surface area contributed by atoms with Gasteiger partial charge in [-0.2, -0.15) is 0 Å². The van der Waals surface area contributed by atoms with Gasteiger partial charge in [0.25, 0.3) is 0 Å². The zero-order chi connectivity index (χ0) is 17.5. The number of rotatable bonds is 8. The van der Waals surface area contributed by atoms with Gasteiger partial charge in [-0.25, -0.2) is 0 Å². The van der Waals surface area contributed by atoms with Crippen LogP contribution in [-0.4, -0.2) is 28.5 Å². The van der Waals surface area contributed by atoms with Gasteiger partial charge in [-0.3, -0.25) is 0 Å². The lowest BCUT2D eigenvalue weighted by Gasteiger charge is -2.10. The molecule has 4 nitrogen and oxygen atoms in total. The third kappa shape index (κ3) is 5.17. The summed E-state index contributed by atoms with van der Waals surface area (Å²) in [6, 6.07) is 18.7. The van der Waals surface area contributed by atoms with Crippen molar-refractivity contribution in [2.24, 2.45) is 0 Å². The maximum atomic E-state index is 5.26. The van der Waals surface area contributed by atoms with Crippen molar-refractivity contribution in [2.45, 2.75) is 23.9 Å². The SMILES string of the molecule is COCCn1c(Cc2ccccc2)nnc1SCc1ccc(Br)cc1. The Hall–Kier alpha value is -1.63. The molecule has 0 aliphatic rings. The van der Waals surface area contributed by atoms with E-state index in [9.17, 15) is 0 Å². The maximum Gasteiger partial charge on any atom is 0.191 e. The average Bonchev–Trinajstić information content (AvgIpc) is 3.02. The number of methoxy groups -OCH3 is 1. The smallest absolute Gasteiger partial charge is 0.191 e. The summed E-state index contributed by atoms with van der Waals surface area (Å²) in [6.07, 6.45) is 0.774. The predicted octanol–water partition coefficient (Wildman–Crippen LogP) is 4.57. The largest absolute Gasteiger partial charge is 0.383 e. The first-order valence-electron chi connectivity index (χ1n) is 8.08. The molecule has 25 heavy (non-hydrogen) atoms. The fraction of sp³-hybridized carbons (Fsp3) is 0.263. The number of benzene rings is 2. The molecule has 0 radical (unpaired) electrons. The first kappa shape index (κ1) is 18.2. The van der Waals surface area contributed by atoms with Crippen molar-refractivity contribution in [3.63, 3.8) is 0 Å². The van der Waals surface area contributed by atoms with Crippen LogP contribution in [0, 0.1) is 0 Å². The minimum atomic E-state index is 0.645. The van der Waals surface area contributed by atoms with Crippen LogP contribution in [0.5, 0.6) is 0 Å². The molecule has 3 rings (SSSR count). The van der Waals surface area contributed by atoms with E-state index >= 15 is 0 Å². The third-order valence-corrected chi connectivity index (χ3v) is 5.37. The van der Waals surface area contributed by atoms with Crippen molar-refractivity contribution in [3.05, 3.63) is 76.0 Å². The van der Waals surface area contributed by atoms with Gasteiger partial charge >= 0.3 is 0 Å². The van der Waals surface area contributed by atoms with Crippen molar-refractivity contribution >= 4 is 27.7 Å². The summed E-state index contributed by atoms with van der Waals surface area (Å²) in [7, 11) is 1.72. The van der Waals surface area contributed by atoms with Gasteiger partial charge in [-0.15, -0.1) is 10.2 Å². The van der Waals surface area contributed by atoms with Crippen LogP contribution < -0.4 is 0 Å². The third-order valence-electron chi connectivity index (χ3n) is 3.80. The van der Waals surface area contributed by atoms with E-state index in [1.54, 1.807) is 18.9 Å². The first-order valence-corrected chi connectivity index (χ1v) is 9.86. The maximum absolute atomic E-state index is 5.26. The highest BCUT2D eigenvalue weighted by atomic mass is 79.9. The molecule has 0 spiro atoms. The van der Waals surface area contributed by atoms with E-state index in [0.29, 0.717) is 6.61 Å². The van der Waals surface area contributed by atoms with Crippen LogP contribution in [0.2, 0.25) is 0 Å². The summed E-state index contributed by atoms with van der Waals surface area (Å²) in [4.78, 5) is 0. The Balaban J connectivity index is 1.74. The van der Waals surface area contributed by atoms with Crippen molar-refractivity contribution in [3.8, 4) is 0 Å². The van der Waals surface area contributed by atoms with Crippen LogP contribution in [0.4, 0.5) is 0 Å². The van der Waals surface area contributed by atoms with Gasteiger partial charge in [0, 0.05) is 30.3 Å². The first-order chi connectivity index (χ1) is 12.3. The van der Waals surface area contributed by atoms with E-state index in [1.807, 2.05) is 18.2 Å². The lowest BCUT2D eigenvalue weighted by molar-refractivity contribution is 0.184. The van der Waals surface area contributed by atoms with Gasteiger partial charge in [0.1, 0.15) is 5.82 Å². The molecule has 0 aliphatic heterocycles. The molecule has 0 aliphatic carbocycles. The fourth-order valence-corrected chi connectivity index (χ4v) is 3.67. The fourth-order valence-electron chi connectivity index (χ4n) is 2.47. The Morgan fingerprint density at radius 3 is 2.48 bits per heavy atom. The summed E-state index contributed by atoms with van der Waals surface area (Å²) in [5.74, 6) is 1.84. The Kier molecular flexibility index (Phi) is 6.67. The Morgan fingerprint density at radius 1 is 1.00 bits per heavy atom. The van der Waals surface area contributed by atoms with E-state index in [1.165, 1.54) is 11.1 Å². The molecule has 0 unspecified atom stereocenters. The topological polar surface area (TPSA) is 39.9 Å². The number of ether oxygens (including phenoxy) is 1. The molecule has 0 saturated heterocycles. The van der Waals surface area contributed by atoms with Crippen LogP contribution >= 0.6 is 27.7 Å². The highest BCUT2D eigenvalue weighted by molar-refractivity contribution is 9.10. The molecule has 6 heteroatoms. The molecule has 3 aromatic rings. The van der Waals surface area contributed by atoms with E-state index in [4.69, 9.17) is 4.74 Å². The van der Waals surface area contributed by atoms with Gasteiger partial charge in [0.05, 0.1) is 6.61 Å². The molecule has 0 amide bonds. The highest BCUT2D eigenvalue weighted by Crippen LogP contribution is 2.24. The van der Waals surface area contributed by atoms with Crippen LogP contribution in [-0.2, 0) is 23.5 Å². The molecule has 1 aromatic heterocycles. The van der Waals surface area contributed by atoms with Gasteiger partial charge in [0.2, 0.25) is 0 Å². The van der Waals surface area contributed by atoms with Gasteiger partial charge in [0.15, 0.2) is 5.16 Å². The molecule has 0 atom stereocenters. The normalized spacial score (nSPS) is 11.0. The van der Waals surface area contributed by atoms with Crippen LogP contribution in [0.15, 0.2) is 64.2 Å². The highest BCUT2D eigenvalue weighted by Gasteiger charge is 2.13. The summed E-state index contributed by atoms with van der Waals surface area (Å²) in [5.41, 5.74) is 2.50. The monoisotopic (exact) mass is 417 g/mol. The van der Waals surface area contributed by atoms with Gasteiger partial charge in [-0.05, 0) is 23.3 Å². The minimum absolute atomic E-state index is 0.645. The summed E-state index contributed by atoms with van der Waals surface area (Å²) in [6.45, 7) is 1.40. The van der Waals surface area contributed by atoms with E-state index < -0.39 is 0 Å². The average molecular weight is 418 g/mol. The van der Waals surface area contributed by atoms with Crippen molar-refractivity contribution in [1.82, 2.24) is 14.8 Å². The number of hydrogen-bond acceptors (Lipinski definition) is 4. The van der Waals surface area contributed by atoms with Crippen molar-refractivity contribution in [2.75, 3.05) is 13.7 Å². The number of hydrogen-bond donors (Lipinski definition) is 0. The van der Waals surface area contributed by atoms with Crippen LogP contribution in [0.25, 0.3) is 0 Å². The molecule has 0 fully saturated rings. The second kappa shape index (κ2) is 9.17. The molecular weight excluding hydrogens is 398 g/mol. The van der Waals surface area contributed by atoms with Gasteiger partial charge in [-0.1, -0.05) is 70.2 Å². The van der Waals surface area contributed by atoms with E-state index in [2.05, 4.69) is 67.1 Å². The summed E-state index contributed by atoms with van der Waals surface area (Å²) < 4.78 is 8.52. The van der Waals surface area contributed by atoms with E-state index in [0.717, 1.165) is 34.2 Å². The second-order valence-electron chi connectivity index (χ2n) is 5.62. The number of thioether (sulfide) groups is 1. The molecule has 2 aromatic carbocycles. The van der Waals surface area contributed by atoms with Crippen LogP contribution in [0.3, 0.4) is 0 Å². The Labute approximate surface area is 160 Å². The minimum Gasteiger partial charge on any atom is -0.383 e. The standard InChI is InChI=1S/C19H20BrN3OS/c1-24-12-11-23-18(13-15-5-3-2-4-6-15)21-22-19(23)25-14-16-7-9-17(20)10-8-16/h2-10H,11-14H2,1H3. The van der Waals surface area contributed by atoms with Gasteiger partial charge < -0.3 is 9.30 Å². The number of halogens is 1. The van der Waals surface area contributed by atoms with Crippen molar-refractivity contribution < 1.29 is 4.74 Å². The molecular formula is C19H20BrN3OS. The molecule has 0 saturated carbocycles. The summed E-state index contributed by atoms with van der Waals surface area (Å²) in [5, 5.41) is 9.76. The Bertz CT molecular complexity index is 790. The lowest BCUT2D eigenvalue weighted by atomic mass is 10.1. The predicted molar refractivity (Wildman–Crippen MR) is 105 cm³/mol. The zero-order valence-corrected chi connectivity index (χ0v) is 16.5. The summed E-state index contributed by atoms with van der Waals surface area (Å²) >= 11 is 5.18. The Morgan fingerprint density at radius 2 is 1.76 bits per heavy atom. The number of aromatic nitrogens is 3. The second-order valence-corrected chi connectivity index (χ2v) is 7.48. The lowest BCUT2D eigenvalue weighted by Crippen LogP contribution is -2.10. The van der Waals surface area contributed by atoms with E-state index in [-0.39, 0.29) is 0 Å². The number of nitrogens with zero attached hydrogens (tertiary/aromatic N) is 3. The molecule has 0 N–H and O–H groups in total. The molecule has 1 heterocycles. The van der Waals surface area contributed by atoms with Crippen molar-refractivity contribution in [1.29, 1.82) is 0 Å².